The van der Waals surface area contributed by atoms with Crippen molar-refractivity contribution < 1.29 is 18.4 Å². The lowest BCUT2D eigenvalue weighted by atomic mass is 9.74. The fourth-order valence-corrected chi connectivity index (χ4v) is 4.93. The number of likely N-dealkylation sites (tertiary alicyclic amines) is 1. The van der Waals surface area contributed by atoms with Gasteiger partial charge in [-0.1, -0.05) is 12.1 Å². The molecule has 2 aromatic rings. The van der Waals surface area contributed by atoms with Crippen molar-refractivity contribution >= 4 is 17.5 Å². The van der Waals surface area contributed by atoms with Gasteiger partial charge in [-0.15, -0.1) is 0 Å². The molecule has 156 valence electrons. The third-order valence-electron chi connectivity index (χ3n) is 6.79. The molecular weight excluding hydrogens is 386 g/mol. The van der Waals surface area contributed by atoms with E-state index in [-0.39, 0.29) is 41.2 Å². The number of piperidine rings is 1. The Morgan fingerprint density at radius 3 is 2.43 bits per heavy atom. The predicted molar refractivity (Wildman–Crippen MR) is 109 cm³/mol. The summed E-state index contributed by atoms with van der Waals surface area (Å²) in [5, 5.41) is 0. The molecule has 2 fully saturated rings. The number of benzene rings is 2. The van der Waals surface area contributed by atoms with Crippen molar-refractivity contribution in [1.29, 1.82) is 0 Å². The van der Waals surface area contributed by atoms with Crippen LogP contribution in [0.4, 0.5) is 14.5 Å². The highest BCUT2D eigenvalue weighted by Crippen LogP contribution is 2.49. The number of anilines is 1. The maximum atomic E-state index is 14.1. The first-order chi connectivity index (χ1) is 14.4. The van der Waals surface area contributed by atoms with Crippen molar-refractivity contribution in [3.8, 4) is 0 Å². The van der Waals surface area contributed by atoms with E-state index < -0.39 is 0 Å². The van der Waals surface area contributed by atoms with E-state index in [4.69, 9.17) is 0 Å². The fourth-order valence-electron chi connectivity index (χ4n) is 4.93. The lowest BCUT2D eigenvalue weighted by molar-refractivity contribution is -0.132. The molecule has 0 N–H and O–H groups in total. The van der Waals surface area contributed by atoms with Crippen LogP contribution in [0.1, 0.15) is 36.8 Å². The molecule has 1 saturated heterocycles. The van der Waals surface area contributed by atoms with Gasteiger partial charge in [-0.25, -0.2) is 8.78 Å². The highest BCUT2D eigenvalue weighted by molar-refractivity contribution is 5.99. The number of fused-ring (bicyclic) bond motifs is 2. The van der Waals surface area contributed by atoms with Gasteiger partial charge in [-0.05, 0) is 67.1 Å². The van der Waals surface area contributed by atoms with Gasteiger partial charge in [0.05, 0.1) is 6.42 Å². The highest BCUT2D eigenvalue weighted by atomic mass is 19.1. The van der Waals surface area contributed by atoms with Gasteiger partial charge >= 0.3 is 0 Å². The molecule has 2 amide bonds. The monoisotopic (exact) mass is 410 g/mol. The number of hydrogen-bond donors (Lipinski definition) is 0. The Kier molecular flexibility index (Phi) is 4.60. The molecule has 5 rings (SSSR count). The second-order valence-corrected chi connectivity index (χ2v) is 8.83. The molecule has 6 heteroatoms. The topological polar surface area (TPSA) is 40.6 Å². The number of hydrogen-bond acceptors (Lipinski definition) is 2. The lowest BCUT2D eigenvalue weighted by Crippen LogP contribution is -2.48. The maximum absolute atomic E-state index is 14.1. The van der Waals surface area contributed by atoms with Crippen molar-refractivity contribution in [1.82, 2.24) is 4.90 Å². The number of carbonyl (C=O) groups excluding carboxylic acids is 2. The number of rotatable bonds is 3. The average Bonchev–Trinajstić information content (AvgIpc) is 3.53. The third kappa shape index (κ3) is 3.38. The molecule has 0 unspecified atom stereocenters. The molecular formula is C24H24F2N2O2. The van der Waals surface area contributed by atoms with Gasteiger partial charge in [0.15, 0.2) is 0 Å². The second-order valence-electron chi connectivity index (χ2n) is 8.83. The zero-order valence-corrected chi connectivity index (χ0v) is 16.7. The fraction of sp³-hybridized carbons (Fsp3) is 0.417. The Morgan fingerprint density at radius 2 is 1.73 bits per heavy atom. The Morgan fingerprint density at radius 1 is 1.00 bits per heavy atom. The van der Waals surface area contributed by atoms with Gasteiger partial charge in [-0.2, -0.15) is 0 Å². The number of nitrogens with zero attached hydrogens (tertiary/aromatic N) is 2. The van der Waals surface area contributed by atoms with E-state index in [9.17, 15) is 18.4 Å². The van der Waals surface area contributed by atoms with Gasteiger partial charge in [0.2, 0.25) is 11.8 Å². The first-order valence-electron chi connectivity index (χ1n) is 10.6. The van der Waals surface area contributed by atoms with Gasteiger partial charge in [0, 0.05) is 36.7 Å². The summed E-state index contributed by atoms with van der Waals surface area (Å²) >= 11 is 0. The Hall–Kier alpha value is -2.76. The van der Waals surface area contributed by atoms with Crippen LogP contribution in [0.25, 0.3) is 0 Å². The van der Waals surface area contributed by atoms with E-state index in [0.717, 1.165) is 24.1 Å². The summed E-state index contributed by atoms with van der Waals surface area (Å²) in [4.78, 5) is 29.2. The van der Waals surface area contributed by atoms with Crippen LogP contribution >= 0.6 is 0 Å². The van der Waals surface area contributed by atoms with Crippen LogP contribution in [-0.4, -0.2) is 36.3 Å². The van der Waals surface area contributed by atoms with Crippen molar-refractivity contribution in [2.24, 2.45) is 5.92 Å². The van der Waals surface area contributed by atoms with Crippen LogP contribution in [0.2, 0.25) is 0 Å². The summed E-state index contributed by atoms with van der Waals surface area (Å²) in [6.45, 7) is 1.66. The summed E-state index contributed by atoms with van der Waals surface area (Å²) in [7, 11) is 0. The van der Waals surface area contributed by atoms with E-state index in [1.807, 2.05) is 4.90 Å². The van der Waals surface area contributed by atoms with Crippen LogP contribution < -0.4 is 4.90 Å². The molecule has 0 bridgehead atoms. The van der Waals surface area contributed by atoms with Crippen molar-refractivity contribution in [3.63, 3.8) is 0 Å². The minimum absolute atomic E-state index is 0.0289. The normalized spacial score (nSPS) is 19.8. The van der Waals surface area contributed by atoms with Crippen LogP contribution in [-0.2, 0) is 21.4 Å². The number of amides is 2. The maximum Gasteiger partial charge on any atom is 0.230 e. The minimum atomic E-state index is -0.345. The van der Waals surface area contributed by atoms with E-state index >= 15 is 0 Å². The number of halogens is 2. The summed E-state index contributed by atoms with van der Waals surface area (Å²) in [6, 6.07) is 10.8. The molecule has 1 spiro atoms. The van der Waals surface area contributed by atoms with E-state index in [1.54, 1.807) is 29.2 Å². The first-order valence-corrected chi connectivity index (χ1v) is 10.6. The Bertz CT molecular complexity index is 1010. The van der Waals surface area contributed by atoms with Crippen LogP contribution in [0.3, 0.4) is 0 Å². The molecule has 3 aliphatic rings. The summed E-state index contributed by atoms with van der Waals surface area (Å²) in [5.74, 6) is -0.421. The molecule has 2 aromatic carbocycles. The van der Waals surface area contributed by atoms with Crippen molar-refractivity contribution in [2.45, 2.75) is 37.5 Å². The molecule has 0 radical (unpaired) electrons. The Balaban J connectivity index is 1.33. The molecule has 0 atom stereocenters. The molecule has 2 aliphatic heterocycles. The van der Waals surface area contributed by atoms with E-state index in [2.05, 4.69) is 0 Å². The van der Waals surface area contributed by atoms with Crippen LogP contribution in [0.5, 0.6) is 0 Å². The smallest absolute Gasteiger partial charge is 0.230 e. The first kappa shape index (κ1) is 19.2. The van der Waals surface area contributed by atoms with Gasteiger partial charge in [0.1, 0.15) is 11.6 Å². The van der Waals surface area contributed by atoms with E-state index in [0.29, 0.717) is 38.0 Å². The van der Waals surface area contributed by atoms with Crippen LogP contribution in [0.15, 0.2) is 42.5 Å². The van der Waals surface area contributed by atoms with Crippen molar-refractivity contribution in [2.75, 3.05) is 24.5 Å². The largest absolute Gasteiger partial charge is 0.342 e. The lowest BCUT2D eigenvalue weighted by Gasteiger charge is -2.40. The molecule has 0 aromatic heterocycles. The van der Waals surface area contributed by atoms with Crippen molar-refractivity contribution in [3.05, 3.63) is 65.2 Å². The Labute approximate surface area is 174 Å². The quantitative estimate of drug-likeness (QED) is 0.772. The molecule has 4 nitrogen and oxygen atoms in total. The third-order valence-corrected chi connectivity index (χ3v) is 6.79. The van der Waals surface area contributed by atoms with Gasteiger partial charge < -0.3 is 9.80 Å². The molecule has 30 heavy (non-hydrogen) atoms. The highest BCUT2D eigenvalue weighted by Gasteiger charge is 2.49. The zero-order valence-electron chi connectivity index (χ0n) is 16.7. The second kappa shape index (κ2) is 7.18. The van der Waals surface area contributed by atoms with E-state index in [1.165, 1.54) is 18.2 Å². The average molecular weight is 410 g/mol. The minimum Gasteiger partial charge on any atom is -0.342 e. The number of carbonyl (C=O) groups is 2. The SMILES string of the molecule is O=C(Cc1cccc(F)c1)N1CCC2(CC1)CN(C(=O)C1CC1)c1ccc(F)cc12. The van der Waals surface area contributed by atoms with Gasteiger partial charge in [0.25, 0.3) is 0 Å². The molecule has 1 aliphatic carbocycles. The zero-order chi connectivity index (χ0) is 20.9. The van der Waals surface area contributed by atoms with Gasteiger partial charge in [-0.3, -0.25) is 9.59 Å². The van der Waals surface area contributed by atoms with Crippen LogP contribution in [0, 0.1) is 17.6 Å². The molecule has 2 heterocycles. The predicted octanol–water partition coefficient (Wildman–Crippen LogP) is 3.82. The molecule has 1 saturated carbocycles. The summed E-state index contributed by atoms with van der Waals surface area (Å²) < 4.78 is 27.5. The summed E-state index contributed by atoms with van der Waals surface area (Å²) in [5.41, 5.74) is 2.08. The standard InChI is InChI=1S/C24H24F2N2O2/c25-18-3-1-2-16(12-18)13-22(29)27-10-8-24(9-11-27)15-28(23(30)17-4-5-17)21-7-6-19(26)14-20(21)24/h1-3,6-7,12,14,17H,4-5,8-11,13,15H2. The summed E-state index contributed by atoms with van der Waals surface area (Å²) in [6.07, 6.45) is 3.41.